The number of hydrogen-bond donors (Lipinski definition) is 1. The van der Waals surface area contributed by atoms with Crippen molar-refractivity contribution in [3.8, 4) is 0 Å². The summed E-state index contributed by atoms with van der Waals surface area (Å²) in [4.78, 5) is 11.4. The fraction of sp³-hybridized carbons (Fsp3) is 0.933. The van der Waals surface area contributed by atoms with Gasteiger partial charge < -0.3 is 9.84 Å². The zero-order chi connectivity index (χ0) is 14.0. The number of aliphatic hydroxyl groups excluding tert-OH is 1. The summed E-state index contributed by atoms with van der Waals surface area (Å²) in [5.41, 5.74) is -0.733. The molecule has 0 amide bonds. The minimum absolute atomic E-state index is 0.116. The van der Waals surface area contributed by atoms with E-state index in [1.165, 1.54) is 0 Å². The molecule has 1 spiro atoms. The van der Waals surface area contributed by atoms with E-state index < -0.39 is 16.6 Å². The Morgan fingerprint density at radius 3 is 2.63 bits per heavy atom. The van der Waals surface area contributed by atoms with Gasteiger partial charge in [-0.25, -0.2) is 0 Å². The number of esters is 1. The van der Waals surface area contributed by atoms with Crippen molar-refractivity contribution in [1.29, 1.82) is 0 Å². The summed E-state index contributed by atoms with van der Waals surface area (Å²) in [6.45, 7) is 6.02. The van der Waals surface area contributed by atoms with Gasteiger partial charge in [0.2, 0.25) is 0 Å². The molecular weight excluding hydrogens is 264 g/mol. The molecule has 4 heteroatoms. The quantitative estimate of drug-likeness (QED) is 0.550. The van der Waals surface area contributed by atoms with Crippen LogP contribution in [0.25, 0.3) is 0 Å². The van der Waals surface area contributed by atoms with Gasteiger partial charge in [0, 0.05) is 11.8 Å². The summed E-state index contributed by atoms with van der Waals surface area (Å²) in [6, 6.07) is 0. The molecule has 3 nitrogen and oxygen atoms in total. The topological polar surface area (TPSA) is 46.5 Å². The molecule has 0 bridgehead atoms. The van der Waals surface area contributed by atoms with Gasteiger partial charge in [0.25, 0.3) is 0 Å². The zero-order valence-corrected chi connectivity index (χ0v) is 12.6. The minimum Gasteiger partial charge on any atom is -0.455 e. The Hall–Kier alpha value is -0.280. The monoisotopic (exact) mass is 286 g/mol. The van der Waals surface area contributed by atoms with Gasteiger partial charge in [0.15, 0.2) is 0 Å². The van der Waals surface area contributed by atoms with Crippen molar-refractivity contribution in [2.75, 3.05) is 0 Å². The molecule has 1 saturated heterocycles. The van der Waals surface area contributed by atoms with Crippen molar-refractivity contribution in [3.05, 3.63) is 0 Å². The molecule has 3 aliphatic rings. The third kappa shape index (κ3) is 1.64. The Balaban J connectivity index is 2.08. The molecule has 0 aromatic heterocycles. The molecule has 2 saturated carbocycles. The molecule has 3 fully saturated rings. The van der Waals surface area contributed by atoms with E-state index in [1.807, 2.05) is 13.8 Å². The smallest absolute Gasteiger partial charge is 0.309 e. The summed E-state index contributed by atoms with van der Waals surface area (Å²) >= 11 is 6.51. The Morgan fingerprint density at radius 1 is 1.26 bits per heavy atom. The Morgan fingerprint density at radius 2 is 1.95 bits per heavy atom. The molecule has 2 aliphatic carbocycles. The average Bonchev–Trinajstić information content (AvgIpc) is 2.59. The van der Waals surface area contributed by atoms with Gasteiger partial charge in [-0.1, -0.05) is 13.8 Å². The molecule has 0 radical (unpaired) electrons. The molecule has 7 atom stereocenters. The van der Waals surface area contributed by atoms with Crippen LogP contribution in [0, 0.1) is 23.7 Å². The molecule has 1 N–H and O–H groups in total. The highest BCUT2D eigenvalue weighted by molar-refractivity contribution is 6.24. The lowest BCUT2D eigenvalue weighted by atomic mass is 9.54. The molecule has 1 heterocycles. The van der Waals surface area contributed by atoms with Gasteiger partial charge >= 0.3 is 5.97 Å². The van der Waals surface area contributed by atoms with Crippen molar-refractivity contribution in [2.45, 2.75) is 63.0 Å². The molecule has 1 unspecified atom stereocenters. The van der Waals surface area contributed by atoms with Gasteiger partial charge in [-0.3, -0.25) is 4.79 Å². The third-order valence-corrected chi connectivity index (χ3v) is 6.37. The number of alkyl halides is 1. The van der Waals surface area contributed by atoms with Crippen LogP contribution < -0.4 is 0 Å². The first kappa shape index (κ1) is 13.7. The maximum absolute atomic E-state index is 12.1. The summed E-state index contributed by atoms with van der Waals surface area (Å²) in [6.07, 6.45) is 3.03. The van der Waals surface area contributed by atoms with Crippen LogP contribution in [-0.4, -0.2) is 27.7 Å². The van der Waals surface area contributed by atoms with Crippen molar-refractivity contribution < 1.29 is 14.6 Å². The van der Waals surface area contributed by atoms with Crippen LogP contribution in [0.4, 0.5) is 0 Å². The van der Waals surface area contributed by atoms with Crippen LogP contribution in [0.1, 0.15) is 46.5 Å². The second-order valence-electron chi connectivity index (χ2n) is 7.05. The summed E-state index contributed by atoms with van der Waals surface area (Å²) < 4.78 is 5.81. The molecule has 0 aromatic carbocycles. The van der Waals surface area contributed by atoms with E-state index in [9.17, 15) is 9.90 Å². The standard InChI is InChI=1S/C15H23ClO3/c1-8-4-5-11-9(2)12(17)19-15(11)10(8)6-7-14(3,16)13(15)18/h8-11,13,18H,4-7H2,1-3H3/t8-,9-,10+,11?,13-,14+,15+/m1/s1. The van der Waals surface area contributed by atoms with Crippen LogP contribution in [0.3, 0.4) is 0 Å². The van der Waals surface area contributed by atoms with Crippen molar-refractivity contribution >= 4 is 17.6 Å². The fourth-order valence-corrected chi connectivity index (χ4v) is 5.11. The van der Waals surface area contributed by atoms with Crippen LogP contribution in [0.15, 0.2) is 0 Å². The first-order valence-electron chi connectivity index (χ1n) is 7.40. The number of halogens is 1. The van der Waals surface area contributed by atoms with E-state index in [-0.39, 0.29) is 23.7 Å². The van der Waals surface area contributed by atoms with Crippen LogP contribution in [0.2, 0.25) is 0 Å². The second kappa shape index (κ2) is 4.11. The van der Waals surface area contributed by atoms with Gasteiger partial charge in [-0.15, -0.1) is 11.6 Å². The molecule has 0 aromatic rings. The SMILES string of the molecule is C[C@@H]1CCC2[C@@H](C)C(=O)O[C@@]23[C@H]1CC[C@](C)(Cl)[C@H]3O. The van der Waals surface area contributed by atoms with E-state index in [2.05, 4.69) is 6.92 Å². The number of carbonyl (C=O) groups is 1. The van der Waals surface area contributed by atoms with E-state index in [0.29, 0.717) is 5.92 Å². The first-order chi connectivity index (χ1) is 8.80. The van der Waals surface area contributed by atoms with E-state index in [0.717, 1.165) is 25.7 Å². The Bertz CT molecular complexity index is 404. The average molecular weight is 287 g/mol. The lowest BCUT2D eigenvalue weighted by Crippen LogP contribution is -2.66. The number of aliphatic hydroxyl groups is 1. The number of hydrogen-bond acceptors (Lipinski definition) is 3. The highest BCUT2D eigenvalue weighted by Crippen LogP contribution is 2.60. The highest BCUT2D eigenvalue weighted by Gasteiger charge is 2.68. The Kier molecular flexibility index (Phi) is 2.96. The normalized spacial score (nSPS) is 57.3. The zero-order valence-electron chi connectivity index (χ0n) is 11.9. The van der Waals surface area contributed by atoms with Crippen molar-refractivity contribution in [3.63, 3.8) is 0 Å². The molecule has 19 heavy (non-hydrogen) atoms. The lowest BCUT2D eigenvalue weighted by Gasteiger charge is -2.56. The molecule has 108 valence electrons. The summed E-state index contributed by atoms with van der Waals surface area (Å²) in [5.74, 6) is 0.584. The molecule has 1 aliphatic heterocycles. The van der Waals surface area contributed by atoms with Gasteiger partial charge in [-0.05, 0) is 38.5 Å². The maximum atomic E-state index is 12.1. The third-order valence-electron chi connectivity index (χ3n) is 5.97. The summed E-state index contributed by atoms with van der Waals surface area (Å²) in [7, 11) is 0. The number of rotatable bonds is 0. The summed E-state index contributed by atoms with van der Waals surface area (Å²) in [5, 5.41) is 10.8. The predicted molar refractivity (Wildman–Crippen MR) is 72.9 cm³/mol. The molecule has 3 rings (SSSR count). The number of carbonyl (C=O) groups excluding carboxylic acids is 1. The Labute approximate surface area is 119 Å². The van der Waals surface area contributed by atoms with Crippen LogP contribution in [0.5, 0.6) is 0 Å². The second-order valence-corrected chi connectivity index (χ2v) is 7.91. The minimum atomic E-state index is -0.762. The molecular formula is C15H23ClO3. The van der Waals surface area contributed by atoms with Gasteiger partial charge in [0.1, 0.15) is 11.7 Å². The highest BCUT2D eigenvalue weighted by atomic mass is 35.5. The predicted octanol–water partition coefficient (Wildman–Crippen LogP) is 2.73. The van der Waals surface area contributed by atoms with Crippen LogP contribution in [-0.2, 0) is 9.53 Å². The maximum Gasteiger partial charge on any atom is 0.309 e. The van der Waals surface area contributed by atoms with Gasteiger partial charge in [0.05, 0.1) is 10.8 Å². The first-order valence-corrected chi connectivity index (χ1v) is 7.78. The van der Waals surface area contributed by atoms with E-state index >= 15 is 0 Å². The number of ether oxygens (including phenoxy) is 1. The van der Waals surface area contributed by atoms with Gasteiger partial charge in [-0.2, -0.15) is 0 Å². The lowest BCUT2D eigenvalue weighted by molar-refractivity contribution is -0.206. The van der Waals surface area contributed by atoms with E-state index in [1.54, 1.807) is 0 Å². The fourth-order valence-electron chi connectivity index (χ4n) is 4.83. The van der Waals surface area contributed by atoms with Crippen molar-refractivity contribution in [2.24, 2.45) is 23.7 Å². The van der Waals surface area contributed by atoms with E-state index in [4.69, 9.17) is 16.3 Å². The van der Waals surface area contributed by atoms with Crippen molar-refractivity contribution in [1.82, 2.24) is 0 Å². The largest absolute Gasteiger partial charge is 0.455 e. The van der Waals surface area contributed by atoms with Crippen LogP contribution >= 0.6 is 11.6 Å².